The van der Waals surface area contributed by atoms with Gasteiger partial charge in [-0.3, -0.25) is 14.5 Å². The van der Waals surface area contributed by atoms with Crippen LogP contribution < -0.4 is 5.32 Å². The Morgan fingerprint density at radius 1 is 1.36 bits per heavy atom. The molecule has 4 rings (SSSR count). The van der Waals surface area contributed by atoms with E-state index in [2.05, 4.69) is 33.8 Å². The van der Waals surface area contributed by atoms with E-state index in [0.717, 1.165) is 28.2 Å². The van der Waals surface area contributed by atoms with Crippen LogP contribution in [0.3, 0.4) is 0 Å². The zero-order valence-electron chi connectivity index (χ0n) is 14.1. The number of aromatic nitrogens is 3. The number of nitrogens with one attached hydrogen (secondary N) is 1. The standard InChI is InChI=1S/C19H20N4OS/c1-13-11-14(13)19(24)21-8-9-23-18(17-6-4-10-25-17)15(12-22-23)16-5-2-3-7-20-16/h2-7,10,12-14H,8-9,11H2,1H3,(H,21,24)/t13-,14-/m1/s1. The summed E-state index contributed by atoms with van der Waals surface area (Å²) in [4.78, 5) is 17.6. The van der Waals surface area contributed by atoms with Crippen molar-refractivity contribution >= 4 is 17.2 Å². The highest BCUT2D eigenvalue weighted by Gasteiger charge is 2.38. The van der Waals surface area contributed by atoms with Crippen LogP contribution in [0.5, 0.6) is 0 Å². The summed E-state index contributed by atoms with van der Waals surface area (Å²) in [5, 5.41) is 9.65. The number of carbonyl (C=O) groups excluding carboxylic acids is 1. The molecule has 0 aliphatic heterocycles. The minimum absolute atomic E-state index is 0.169. The molecule has 0 spiro atoms. The van der Waals surface area contributed by atoms with Gasteiger partial charge in [0.15, 0.2) is 0 Å². The van der Waals surface area contributed by atoms with Gasteiger partial charge in [-0.15, -0.1) is 11.3 Å². The van der Waals surface area contributed by atoms with Gasteiger partial charge in [0.05, 0.1) is 29.0 Å². The second kappa shape index (κ2) is 6.80. The van der Waals surface area contributed by atoms with Crippen molar-refractivity contribution in [3.05, 3.63) is 48.1 Å². The first-order chi connectivity index (χ1) is 12.2. The summed E-state index contributed by atoms with van der Waals surface area (Å²) < 4.78 is 1.96. The Bertz CT molecular complexity index is 857. The number of hydrogen-bond acceptors (Lipinski definition) is 4. The lowest BCUT2D eigenvalue weighted by atomic mass is 10.1. The fourth-order valence-corrected chi connectivity index (χ4v) is 3.83. The lowest BCUT2D eigenvalue weighted by Crippen LogP contribution is -2.29. The lowest BCUT2D eigenvalue weighted by Gasteiger charge is -2.09. The average Bonchev–Trinajstić information content (AvgIpc) is 3.04. The number of thiophene rings is 1. The van der Waals surface area contributed by atoms with Crippen LogP contribution in [-0.4, -0.2) is 27.2 Å². The molecule has 0 radical (unpaired) electrons. The van der Waals surface area contributed by atoms with Crippen LogP contribution in [0.2, 0.25) is 0 Å². The van der Waals surface area contributed by atoms with Crippen molar-refractivity contribution in [3.63, 3.8) is 0 Å². The summed E-state index contributed by atoms with van der Waals surface area (Å²) in [7, 11) is 0. The van der Waals surface area contributed by atoms with Crippen molar-refractivity contribution in [2.75, 3.05) is 6.54 Å². The highest BCUT2D eigenvalue weighted by atomic mass is 32.1. The van der Waals surface area contributed by atoms with Gasteiger partial charge >= 0.3 is 0 Å². The van der Waals surface area contributed by atoms with E-state index in [1.807, 2.05) is 35.1 Å². The molecule has 1 aliphatic carbocycles. The number of pyridine rings is 1. The molecule has 2 atom stereocenters. The predicted octanol–water partition coefficient (Wildman–Crippen LogP) is 3.45. The first-order valence-electron chi connectivity index (χ1n) is 8.53. The van der Waals surface area contributed by atoms with Gasteiger partial charge in [-0.05, 0) is 35.9 Å². The highest BCUT2D eigenvalue weighted by molar-refractivity contribution is 7.13. The number of rotatable bonds is 6. The second-order valence-corrected chi connectivity index (χ2v) is 7.38. The first-order valence-corrected chi connectivity index (χ1v) is 9.41. The Balaban J connectivity index is 1.55. The topological polar surface area (TPSA) is 59.8 Å². The van der Waals surface area contributed by atoms with Crippen molar-refractivity contribution in [3.8, 4) is 21.8 Å². The molecule has 1 fully saturated rings. The lowest BCUT2D eigenvalue weighted by molar-refractivity contribution is -0.122. The van der Waals surface area contributed by atoms with Crippen molar-refractivity contribution in [1.82, 2.24) is 20.1 Å². The van der Waals surface area contributed by atoms with Gasteiger partial charge in [0, 0.05) is 24.2 Å². The smallest absolute Gasteiger partial charge is 0.223 e. The summed E-state index contributed by atoms with van der Waals surface area (Å²) in [6.45, 7) is 3.35. The molecule has 1 aliphatic rings. The maximum absolute atomic E-state index is 12.0. The van der Waals surface area contributed by atoms with Crippen LogP contribution in [0.4, 0.5) is 0 Å². The molecule has 0 bridgehead atoms. The van der Waals surface area contributed by atoms with Gasteiger partial charge in [0.1, 0.15) is 0 Å². The monoisotopic (exact) mass is 352 g/mol. The molecule has 1 saturated carbocycles. The molecule has 3 heterocycles. The van der Waals surface area contributed by atoms with Crippen molar-refractivity contribution in [1.29, 1.82) is 0 Å². The molecule has 0 unspecified atom stereocenters. The van der Waals surface area contributed by atoms with Gasteiger partial charge in [0.25, 0.3) is 0 Å². The third-order valence-corrected chi connectivity index (χ3v) is 5.48. The van der Waals surface area contributed by atoms with Gasteiger partial charge in [-0.1, -0.05) is 19.1 Å². The van der Waals surface area contributed by atoms with Crippen LogP contribution in [0.15, 0.2) is 48.1 Å². The SMILES string of the molecule is C[C@@H]1C[C@H]1C(=O)NCCn1ncc(-c2ccccn2)c1-c1cccs1. The third-order valence-electron chi connectivity index (χ3n) is 4.60. The highest BCUT2D eigenvalue weighted by Crippen LogP contribution is 2.37. The molecular formula is C19H20N4OS. The maximum atomic E-state index is 12.0. The van der Waals surface area contributed by atoms with E-state index < -0.39 is 0 Å². The van der Waals surface area contributed by atoms with Crippen molar-refractivity contribution in [2.24, 2.45) is 11.8 Å². The molecule has 1 N–H and O–H groups in total. The summed E-state index contributed by atoms with van der Waals surface area (Å²) in [6, 6.07) is 10.0. The molecule has 3 aromatic heterocycles. The molecule has 25 heavy (non-hydrogen) atoms. The summed E-state index contributed by atoms with van der Waals surface area (Å²) in [5.74, 6) is 0.905. The van der Waals surface area contributed by atoms with E-state index in [9.17, 15) is 4.79 Å². The van der Waals surface area contributed by atoms with E-state index in [4.69, 9.17) is 0 Å². The zero-order chi connectivity index (χ0) is 17.2. The zero-order valence-corrected chi connectivity index (χ0v) is 14.9. The molecule has 5 nitrogen and oxygen atoms in total. The fourth-order valence-electron chi connectivity index (χ4n) is 3.04. The Morgan fingerprint density at radius 3 is 2.92 bits per heavy atom. The average molecular weight is 352 g/mol. The summed E-state index contributed by atoms with van der Waals surface area (Å²) >= 11 is 1.68. The molecule has 3 aromatic rings. The normalized spacial score (nSPS) is 18.9. The molecule has 128 valence electrons. The number of carbonyl (C=O) groups is 1. The Kier molecular flexibility index (Phi) is 4.36. The summed E-state index contributed by atoms with van der Waals surface area (Å²) in [6.07, 6.45) is 4.67. The van der Waals surface area contributed by atoms with Crippen LogP contribution in [0.25, 0.3) is 21.8 Å². The van der Waals surface area contributed by atoms with Crippen LogP contribution in [-0.2, 0) is 11.3 Å². The quantitative estimate of drug-likeness (QED) is 0.739. The Morgan fingerprint density at radius 2 is 2.24 bits per heavy atom. The van der Waals surface area contributed by atoms with Gasteiger partial charge in [-0.25, -0.2) is 0 Å². The molecule has 1 amide bonds. The van der Waals surface area contributed by atoms with Crippen LogP contribution in [0.1, 0.15) is 13.3 Å². The number of nitrogens with zero attached hydrogens (tertiary/aromatic N) is 3. The predicted molar refractivity (Wildman–Crippen MR) is 99.1 cm³/mol. The molecule has 6 heteroatoms. The van der Waals surface area contributed by atoms with E-state index in [-0.39, 0.29) is 11.8 Å². The second-order valence-electron chi connectivity index (χ2n) is 6.43. The number of amides is 1. The first kappa shape index (κ1) is 16.0. The Hall–Kier alpha value is -2.47. The minimum Gasteiger partial charge on any atom is -0.354 e. The third kappa shape index (κ3) is 3.35. The van der Waals surface area contributed by atoms with E-state index >= 15 is 0 Å². The molecular weight excluding hydrogens is 332 g/mol. The van der Waals surface area contributed by atoms with Crippen molar-refractivity contribution in [2.45, 2.75) is 19.9 Å². The molecule has 0 aromatic carbocycles. The largest absolute Gasteiger partial charge is 0.354 e. The van der Waals surface area contributed by atoms with E-state index in [0.29, 0.717) is 19.0 Å². The van der Waals surface area contributed by atoms with Gasteiger partial charge in [0.2, 0.25) is 5.91 Å². The van der Waals surface area contributed by atoms with Gasteiger partial charge in [-0.2, -0.15) is 5.10 Å². The van der Waals surface area contributed by atoms with Crippen molar-refractivity contribution < 1.29 is 4.79 Å². The fraction of sp³-hybridized carbons (Fsp3) is 0.316. The van der Waals surface area contributed by atoms with E-state index in [1.54, 1.807) is 17.5 Å². The minimum atomic E-state index is 0.169. The van der Waals surface area contributed by atoms with Crippen LogP contribution >= 0.6 is 11.3 Å². The van der Waals surface area contributed by atoms with Crippen LogP contribution in [0, 0.1) is 11.8 Å². The Labute approximate surface area is 150 Å². The van der Waals surface area contributed by atoms with Gasteiger partial charge < -0.3 is 5.32 Å². The molecule has 0 saturated heterocycles. The maximum Gasteiger partial charge on any atom is 0.223 e. The number of hydrogen-bond donors (Lipinski definition) is 1. The summed E-state index contributed by atoms with van der Waals surface area (Å²) in [5.41, 5.74) is 2.99. The van der Waals surface area contributed by atoms with E-state index in [1.165, 1.54) is 0 Å².